The molecule has 1 amide bonds. The van der Waals surface area contributed by atoms with E-state index >= 15 is 0 Å². The van der Waals surface area contributed by atoms with Crippen LogP contribution in [0.25, 0.3) is 0 Å². The molecule has 0 aliphatic rings. The summed E-state index contributed by atoms with van der Waals surface area (Å²) in [4.78, 5) is 12.5. The molecule has 0 bridgehead atoms. The quantitative estimate of drug-likeness (QED) is 0.531. The highest BCUT2D eigenvalue weighted by Crippen LogP contribution is 2.19. The van der Waals surface area contributed by atoms with Gasteiger partial charge in [-0.15, -0.1) is 0 Å². The van der Waals surface area contributed by atoms with E-state index in [0.717, 1.165) is 10.0 Å². The van der Waals surface area contributed by atoms with Crippen molar-refractivity contribution in [2.24, 2.45) is 0 Å². The molecule has 0 heterocycles. The molecule has 0 atom stereocenters. The lowest BCUT2D eigenvalue weighted by Gasteiger charge is -2.10. The third kappa shape index (κ3) is 5.88. The van der Waals surface area contributed by atoms with Crippen molar-refractivity contribution in [2.75, 3.05) is 11.3 Å². The maximum atomic E-state index is 13.2. The summed E-state index contributed by atoms with van der Waals surface area (Å²) >= 11 is 3.27. The number of anilines is 1. The van der Waals surface area contributed by atoms with Gasteiger partial charge >= 0.3 is 0 Å². The van der Waals surface area contributed by atoms with Gasteiger partial charge in [-0.05, 0) is 66.6 Å². The Bertz CT molecular complexity index is 1120. The molecule has 0 aliphatic heterocycles. The molecule has 29 heavy (non-hydrogen) atoms. The Morgan fingerprint density at radius 3 is 2.41 bits per heavy atom. The molecule has 0 aliphatic carbocycles. The average Bonchev–Trinajstić information content (AvgIpc) is 2.68. The number of amides is 1. The largest absolute Gasteiger partial charge is 0.352 e. The topological polar surface area (TPSA) is 75.3 Å². The lowest BCUT2D eigenvalue weighted by Crippen LogP contribution is -2.25. The van der Waals surface area contributed by atoms with Crippen LogP contribution in [-0.2, 0) is 16.4 Å². The van der Waals surface area contributed by atoms with E-state index in [2.05, 4.69) is 26.0 Å². The zero-order chi connectivity index (χ0) is 20.9. The number of benzene rings is 3. The standard InChI is InChI=1S/C21H18BrFN2O3S/c22-17-7-9-20(10-8-17)29(27,28)25-19-6-2-4-16(14-19)21(26)24-12-11-15-3-1-5-18(23)13-15/h1-10,13-14,25H,11-12H2,(H,24,26). The zero-order valence-electron chi connectivity index (χ0n) is 15.2. The molecule has 3 aromatic rings. The van der Waals surface area contributed by atoms with Gasteiger partial charge in [0.05, 0.1) is 4.90 Å². The van der Waals surface area contributed by atoms with E-state index in [-0.39, 0.29) is 22.3 Å². The number of sulfonamides is 1. The summed E-state index contributed by atoms with van der Waals surface area (Å²) in [5.74, 6) is -0.661. The first-order valence-corrected chi connectivity index (χ1v) is 11.0. The minimum atomic E-state index is -3.77. The van der Waals surface area contributed by atoms with Crippen LogP contribution in [0.3, 0.4) is 0 Å². The maximum Gasteiger partial charge on any atom is 0.261 e. The van der Waals surface area contributed by atoms with Gasteiger partial charge in [-0.25, -0.2) is 12.8 Å². The monoisotopic (exact) mass is 476 g/mol. The van der Waals surface area contributed by atoms with Gasteiger partial charge in [0.25, 0.3) is 15.9 Å². The molecule has 0 aromatic heterocycles. The summed E-state index contributed by atoms with van der Waals surface area (Å²) in [5.41, 5.74) is 1.38. The van der Waals surface area contributed by atoms with Gasteiger partial charge in [0.2, 0.25) is 0 Å². The predicted octanol–water partition coefficient (Wildman–Crippen LogP) is 4.36. The molecule has 150 valence electrons. The Morgan fingerprint density at radius 1 is 0.966 bits per heavy atom. The first-order valence-electron chi connectivity index (χ1n) is 8.74. The second-order valence-electron chi connectivity index (χ2n) is 6.28. The van der Waals surface area contributed by atoms with Crippen molar-refractivity contribution in [2.45, 2.75) is 11.3 Å². The summed E-state index contributed by atoms with van der Waals surface area (Å²) in [6, 6.07) is 18.6. The van der Waals surface area contributed by atoms with Crippen molar-refractivity contribution in [1.82, 2.24) is 5.32 Å². The second kappa shape index (κ2) is 9.19. The molecule has 0 radical (unpaired) electrons. The van der Waals surface area contributed by atoms with Gasteiger partial charge in [0.1, 0.15) is 5.82 Å². The smallest absolute Gasteiger partial charge is 0.261 e. The summed E-state index contributed by atoms with van der Waals surface area (Å²) in [7, 11) is -3.77. The van der Waals surface area contributed by atoms with Crippen LogP contribution in [0, 0.1) is 5.82 Å². The molecule has 3 rings (SSSR count). The molecule has 8 heteroatoms. The number of halogens is 2. The molecule has 3 aromatic carbocycles. The molecule has 0 saturated carbocycles. The van der Waals surface area contributed by atoms with Gasteiger partial charge in [-0.2, -0.15) is 0 Å². The van der Waals surface area contributed by atoms with Crippen molar-refractivity contribution >= 4 is 37.5 Å². The predicted molar refractivity (Wildman–Crippen MR) is 114 cm³/mol. The number of rotatable bonds is 7. The summed E-state index contributed by atoms with van der Waals surface area (Å²) in [6.07, 6.45) is 0.486. The fourth-order valence-corrected chi connectivity index (χ4v) is 3.98. The van der Waals surface area contributed by atoms with Crippen LogP contribution in [0.2, 0.25) is 0 Å². The Morgan fingerprint density at radius 2 is 1.69 bits per heavy atom. The highest BCUT2D eigenvalue weighted by Gasteiger charge is 2.15. The number of carbonyl (C=O) groups excluding carboxylic acids is 1. The fraction of sp³-hybridized carbons (Fsp3) is 0.0952. The van der Waals surface area contributed by atoms with Crippen LogP contribution < -0.4 is 10.0 Å². The van der Waals surface area contributed by atoms with Crippen molar-refractivity contribution in [3.05, 3.63) is 94.2 Å². The molecule has 5 nitrogen and oxygen atoms in total. The van der Waals surface area contributed by atoms with Crippen LogP contribution in [-0.4, -0.2) is 20.9 Å². The summed E-state index contributed by atoms with van der Waals surface area (Å²) < 4.78 is 41.4. The highest BCUT2D eigenvalue weighted by atomic mass is 79.9. The maximum absolute atomic E-state index is 13.2. The first-order chi connectivity index (χ1) is 13.8. The molecular formula is C21H18BrFN2O3S. The van der Waals surface area contributed by atoms with Crippen LogP contribution in [0.15, 0.2) is 82.2 Å². The number of hydrogen-bond acceptors (Lipinski definition) is 3. The number of nitrogens with one attached hydrogen (secondary N) is 2. The molecule has 0 spiro atoms. The zero-order valence-corrected chi connectivity index (χ0v) is 17.6. The van der Waals surface area contributed by atoms with E-state index in [0.29, 0.717) is 18.5 Å². The lowest BCUT2D eigenvalue weighted by molar-refractivity contribution is 0.0954. The van der Waals surface area contributed by atoms with E-state index in [1.807, 2.05) is 0 Å². The van der Waals surface area contributed by atoms with E-state index in [9.17, 15) is 17.6 Å². The molecule has 0 fully saturated rings. The minimum absolute atomic E-state index is 0.116. The van der Waals surface area contributed by atoms with Crippen molar-refractivity contribution in [1.29, 1.82) is 0 Å². The molecule has 0 saturated heterocycles. The van der Waals surface area contributed by atoms with Crippen LogP contribution in [0.1, 0.15) is 15.9 Å². The average molecular weight is 477 g/mol. The van der Waals surface area contributed by atoms with Crippen molar-refractivity contribution in [3.8, 4) is 0 Å². The van der Waals surface area contributed by atoms with Crippen molar-refractivity contribution in [3.63, 3.8) is 0 Å². The summed E-state index contributed by atoms with van der Waals surface area (Å²) in [5, 5.41) is 2.75. The fourth-order valence-electron chi connectivity index (χ4n) is 2.67. The molecule has 0 unspecified atom stereocenters. The van der Waals surface area contributed by atoms with E-state index in [1.54, 1.807) is 42.5 Å². The summed E-state index contributed by atoms with van der Waals surface area (Å²) in [6.45, 7) is 0.330. The van der Waals surface area contributed by atoms with Crippen LogP contribution >= 0.6 is 15.9 Å². The molecule has 2 N–H and O–H groups in total. The Labute approximate surface area is 177 Å². The third-order valence-corrected chi connectivity index (χ3v) is 6.02. The van der Waals surface area contributed by atoms with Gasteiger partial charge in [-0.1, -0.05) is 34.1 Å². The number of hydrogen-bond donors (Lipinski definition) is 2. The van der Waals surface area contributed by atoms with E-state index < -0.39 is 10.0 Å². The second-order valence-corrected chi connectivity index (χ2v) is 8.87. The van der Waals surface area contributed by atoms with Gasteiger partial charge in [0.15, 0.2) is 0 Å². The lowest BCUT2D eigenvalue weighted by atomic mass is 10.1. The Balaban J connectivity index is 1.64. The molecular weight excluding hydrogens is 459 g/mol. The van der Waals surface area contributed by atoms with E-state index in [1.165, 1.54) is 30.3 Å². The number of carbonyl (C=O) groups is 1. The van der Waals surface area contributed by atoms with Crippen molar-refractivity contribution < 1.29 is 17.6 Å². The highest BCUT2D eigenvalue weighted by molar-refractivity contribution is 9.10. The van der Waals surface area contributed by atoms with Crippen LogP contribution in [0.5, 0.6) is 0 Å². The van der Waals surface area contributed by atoms with E-state index in [4.69, 9.17) is 0 Å². The van der Waals surface area contributed by atoms with Gasteiger partial charge in [-0.3, -0.25) is 9.52 Å². The Kier molecular flexibility index (Phi) is 6.66. The first kappa shape index (κ1) is 21.0. The SMILES string of the molecule is O=C(NCCc1cccc(F)c1)c1cccc(NS(=O)(=O)c2ccc(Br)cc2)c1. The van der Waals surface area contributed by atoms with Gasteiger partial charge < -0.3 is 5.32 Å². The normalized spacial score (nSPS) is 11.1. The van der Waals surface area contributed by atoms with Crippen LogP contribution in [0.4, 0.5) is 10.1 Å². The minimum Gasteiger partial charge on any atom is -0.352 e. The Hall–Kier alpha value is -2.71. The third-order valence-electron chi connectivity index (χ3n) is 4.09. The van der Waals surface area contributed by atoms with Gasteiger partial charge in [0, 0.05) is 22.3 Å².